The quantitative estimate of drug-likeness (QED) is 0.616. The summed E-state index contributed by atoms with van der Waals surface area (Å²) in [5.74, 6) is -0.223. The highest BCUT2D eigenvalue weighted by molar-refractivity contribution is 7.88. The van der Waals surface area contributed by atoms with E-state index in [4.69, 9.17) is 0 Å². The van der Waals surface area contributed by atoms with Crippen LogP contribution in [-0.2, 0) is 14.8 Å². The van der Waals surface area contributed by atoms with Gasteiger partial charge in [0.1, 0.15) is 0 Å². The van der Waals surface area contributed by atoms with E-state index in [0.717, 1.165) is 19.1 Å². The Bertz CT molecular complexity index is 260. The van der Waals surface area contributed by atoms with E-state index in [1.54, 1.807) is 0 Å². The molecule has 5 nitrogen and oxygen atoms in total. The number of hydrazine groups is 1. The molecule has 0 spiro atoms. The van der Waals surface area contributed by atoms with Gasteiger partial charge in [0.2, 0.25) is 15.9 Å². The number of hydrogen-bond acceptors (Lipinski definition) is 3. The van der Waals surface area contributed by atoms with Crippen LogP contribution in [0.25, 0.3) is 0 Å². The molecule has 0 bridgehead atoms. The maximum Gasteiger partial charge on any atom is 0.238 e. The van der Waals surface area contributed by atoms with Gasteiger partial charge in [0.05, 0.1) is 6.26 Å². The fraction of sp³-hybridized carbons (Fsp3) is 0.800. The predicted molar refractivity (Wildman–Crippen MR) is 46.1 cm³/mol. The molecule has 0 heterocycles. The van der Waals surface area contributed by atoms with Crippen molar-refractivity contribution >= 4 is 28.3 Å². The summed E-state index contributed by atoms with van der Waals surface area (Å²) in [6.07, 6.45) is 2.70. The molecule has 0 unspecified atom stereocenters. The number of amides is 1. The lowest BCUT2D eigenvalue weighted by Crippen LogP contribution is -2.41. The van der Waals surface area contributed by atoms with Crippen LogP contribution in [0.4, 0.5) is 0 Å². The van der Waals surface area contributed by atoms with Crippen molar-refractivity contribution in [1.29, 1.82) is 0 Å². The van der Waals surface area contributed by atoms with Crippen molar-refractivity contribution in [3.63, 3.8) is 0 Å². The maximum absolute atomic E-state index is 10.8. The Morgan fingerprint density at radius 2 is 1.92 bits per heavy atom. The van der Waals surface area contributed by atoms with E-state index in [2.05, 4.69) is 5.43 Å². The first kappa shape index (κ1) is 11.7. The van der Waals surface area contributed by atoms with Crippen LogP contribution in [-0.4, -0.2) is 20.6 Å². The zero-order valence-electron chi connectivity index (χ0n) is 6.53. The summed E-state index contributed by atoms with van der Waals surface area (Å²) in [7, 11) is -3.31. The first-order valence-electron chi connectivity index (χ1n) is 3.26. The Morgan fingerprint density at radius 3 is 2.25 bits per heavy atom. The summed E-state index contributed by atoms with van der Waals surface area (Å²) in [5, 5.41) is 0. The van der Waals surface area contributed by atoms with Crippen LogP contribution in [0.3, 0.4) is 0 Å². The average Bonchev–Trinajstić information content (AvgIpc) is 2.61. The molecular formula is C5H11ClN2O3S. The third kappa shape index (κ3) is 4.53. The number of halogens is 1. The van der Waals surface area contributed by atoms with Crippen LogP contribution in [0, 0.1) is 5.92 Å². The molecule has 0 aromatic carbocycles. The Balaban J connectivity index is 0.00000121. The third-order valence-corrected chi connectivity index (χ3v) is 1.78. The van der Waals surface area contributed by atoms with Gasteiger partial charge in [-0.05, 0) is 12.8 Å². The SMILES string of the molecule is CS(=O)(=O)NNC(=O)C1CC1.Cl. The standard InChI is InChI=1S/C5H10N2O3S.ClH/c1-11(9,10)7-6-5(8)4-2-3-4;/h4,7H,2-3H2,1H3,(H,6,8);1H. The Kier molecular flexibility index (Phi) is 3.95. The molecule has 0 aliphatic heterocycles. The van der Waals surface area contributed by atoms with Crippen LogP contribution in [0.15, 0.2) is 0 Å². The van der Waals surface area contributed by atoms with E-state index in [9.17, 15) is 13.2 Å². The van der Waals surface area contributed by atoms with E-state index in [0.29, 0.717) is 0 Å². The van der Waals surface area contributed by atoms with E-state index < -0.39 is 10.0 Å². The van der Waals surface area contributed by atoms with E-state index in [1.807, 2.05) is 4.83 Å². The second-order valence-corrected chi connectivity index (χ2v) is 4.39. The van der Waals surface area contributed by atoms with E-state index >= 15 is 0 Å². The van der Waals surface area contributed by atoms with Crippen LogP contribution in [0.2, 0.25) is 0 Å². The third-order valence-electron chi connectivity index (χ3n) is 1.31. The number of sulfonamides is 1. The number of carbonyl (C=O) groups is 1. The molecule has 2 N–H and O–H groups in total. The van der Waals surface area contributed by atoms with Gasteiger partial charge in [-0.2, -0.15) is 0 Å². The summed E-state index contributed by atoms with van der Waals surface area (Å²) in [6.45, 7) is 0. The summed E-state index contributed by atoms with van der Waals surface area (Å²) in [4.78, 5) is 12.7. The first-order chi connectivity index (χ1) is 4.99. The van der Waals surface area contributed by atoms with Gasteiger partial charge in [-0.3, -0.25) is 10.2 Å². The number of rotatable bonds is 3. The summed E-state index contributed by atoms with van der Waals surface area (Å²) < 4.78 is 20.9. The molecule has 0 saturated heterocycles. The Hall–Kier alpha value is -0.330. The zero-order chi connectivity index (χ0) is 8.48. The second kappa shape index (κ2) is 4.06. The van der Waals surface area contributed by atoms with Gasteiger partial charge in [0, 0.05) is 5.92 Å². The van der Waals surface area contributed by atoms with Crippen molar-refractivity contribution in [1.82, 2.24) is 10.3 Å². The Labute approximate surface area is 77.3 Å². The number of hydrogen-bond donors (Lipinski definition) is 2. The van der Waals surface area contributed by atoms with Gasteiger partial charge >= 0.3 is 0 Å². The molecule has 1 fully saturated rings. The van der Waals surface area contributed by atoms with Gasteiger partial charge in [0.25, 0.3) is 0 Å². The maximum atomic E-state index is 10.8. The zero-order valence-corrected chi connectivity index (χ0v) is 8.17. The molecule has 1 rings (SSSR count). The lowest BCUT2D eigenvalue weighted by Gasteiger charge is -2.02. The van der Waals surface area contributed by atoms with E-state index in [-0.39, 0.29) is 24.2 Å². The fourth-order valence-electron chi connectivity index (χ4n) is 0.591. The highest BCUT2D eigenvalue weighted by atomic mass is 35.5. The van der Waals surface area contributed by atoms with Crippen molar-refractivity contribution in [2.45, 2.75) is 12.8 Å². The molecule has 12 heavy (non-hydrogen) atoms. The fourth-order valence-corrected chi connectivity index (χ4v) is 0.877. The van der Waals surface area contributed by atoms with Gasteiger partial charge in [-0.15, -0.1) is 17.2 Å². The van der Waals surface area contributed by atoms with Crippen molar-refractivity contribution in [3.05, 3.63) is 0 Å². The summed E-state index contributed by atoms with van der Waals surface area (Å²) >= 11 is 0. The molecule has 1 aliphatic carbocycles. The number of nitrogens with one attached hydrogen (secondary N) is 2. The molecule has 72 valence electrons. The molecular weight excluding hydrogens is 204 g/mol. The monoisotopic (exact) mass is 214 g/mol. The lowest BCUT2D eigenvalue weighted by molar-refractivity contribution is -0.122. The Morgan fingerprint density at radius 1 is 1.42 bits per heavy atom. The van der Waals surface area contributed by atoms with Crippen LogP contribution in [0.5, 0.6) is 0 Å². The highest BCUT2D eigenvalue weighted by Gasteiger charge is 2.29. The lowest BCUT2D eigenvalue weighted by atomic mass is 10.4. The van der Waals surface area contributed by atoms with Crippen LogP contribution < -0.4 is 10.3 Å². The molecule has 1 amide bonds. The predicted octanol–water partition coefficient (Wildman–Crippen LogP) is -0.601. The molecule has 1 saturated carbocycles. The van der Waals surface area contributed by atoms with Crippen molar-refractivity contribution in [2.75, 3.05) is 6.26 Å². The molecule has 0 aromatic heterocycles. The van der Waals surface area contributed by atoms with E-state index in [1.165, 1.54) is 0 Å². The second-order valence-electron chi connectivity index (χ2n) is 2.64. The average molecular weight is 215 g/mol. The largest absolute Gasteiger partial charge is 0.278 e. The minimum Gasteiger partial charge on any atom is -0.278 e. The van der Waals surface area contributed by atoms with Crippen LogP contribution >= 0.6 is 12.4 Å². The van der Waals surface area contributed by atoms with Crippen molar-refractivity contribution in [2.24, 2.45) is 5.92 Å². The summed E-state index contributed by atoms with van der Waals surface area (Å²) in [6, 6.07) is 0. The normalized spacial score (nSPS) is 16.4. The number of carbonyl (C=O) groups excluding carboxylic acids is 1. The minimum absolute atomic E-state index is 0. The topological polar surface area (TPSA) is 75.3 Å². The highest BCUT2D eigenvalue weighted by Crippen LogP contribution is 2.28. The molecule has 1 aliphatic rings. The molecule has 0 radical (unpaired) electrons. The van der Waals surface area contributed by atoms with Gasteiger partial charge < -0.3 is 0 Å². The molecule has 7 heteroatoms. The van der Waals surface area contributed by atoms with Gasteiger partial charge in [-0.25, -0.2) is 8.42 Å². The molecule has 0 aromatic rings. The first-order valence-corrected chi connectivity index (χ1v) is 5.15. The smallest absolute Gasteiger partial charge is 0.238 e. The minimum atomic E-state index is -3.31. The van der Waals surface area contributed by atoms with Crippen molar-refractivity contribution < 1.29 is 13.2 Å². The van der Waals surface area contributed by atoms with Gasteiger partial charge in [0.15, 0.2) is 0 Å². The van der Waals surface area contributed by atoms with Gasteiger partial charge in [-0.1, -0.05) is 0 Å². The molecule has 0 atom stereocenters. The van der Waals surface area contributed by atoms with Crippen molar-refractivity contribution in [3.8, 4) is 0 Å². The van der Waals surface area contributed by atoms with Crippen LogP contribution in [0.1, 0.15) is 12.8 Å². The summed E-state index contributed by atoms with van der Waals surface area (Å²) in [5.41, 5.74) is 2.11.